The summed E-state index contributed by atoms with van der Waals surface area (Å²) in [6.45, 7) is 6.20. The van der Waals surface area contributed by atoms with E-state index in [0.29, 0.717) is 5.41 Å². The highest BCUT2D eigenvalue weighted by Crippen LogP contribution is 2.32. The van der Waals surface area contributed by atoms with Gasteiger partial charge in [-0.25, -0.2) is 0 Å². The third-order valence-corrected chi connectivity index (χ3v) is 4.14. The van der Waals surface area contributed by atoms with E-state index in [2.05, 4.69) is 24.2 Å². The molecule has 2 rings (SSSR count). The van der Waals surface area contributed by atoms with Gasteiger partial charge in [0.05, 0.1) is 0 Å². The predicted octanol–water partition coefficient (Wildman–Crippen LogP) is 1.86. The van der Waals surface area contributed by atoms with Crippen LogP contribution in [0.2, 0.25) is 0 Å². The first kappa shape index (κ1) is 10.4. The van der Waals surface area contributed by atoms with E-state index in [1.807, 2.05) is 0 Å². The van der Waals surface area contributed by atoms with Crippen molar-refractivity contribution >= 4 is 0 Å². The summed E-state index contributed by atoms with van der Waals surface area (Å²) in [6.07, 6.45) is 7.02. The molecular weight excluding hydrogens is 172 g/mol. The van der Waals surface area contributed by atoms with Crippen LogP contribution < -0.4 is 5.32 Å². The van der Waals surface area contributed by atoms with Crippen molar-refractivity contribution in [1.29, 1.82) is 0 Å². The van der Waals surface area contributed by atoms with Crippen LogP contribution in [0.1, 0.15) is 39.0 Å². The molecule has 82 valence electrons. The lowest BCUT2D eigenvalue weighted by atomic mass is 9.79. The highest BCUT2D eigenvalue weighted by Gasteiger charge is 2.31. The van der Waals surface area contributed by atoms with E-state index in [-0.39, 0.29) is 0 Å². The molecule has 2 heteroatoms. The molecular formula is C12H24N2. The molecule has 0 amide bonds. The number of hydrogen-bond donors (Lipinski definition) is 1. The molecule has 1 saturated carbocycles. The maximum atomic E-state index is 3.45. The fourth-order valence-corrected chi connectivity index (χ4v) is 2.75. The first-order valence-corrected chi connectivity index (χ1v) is 6.11. The van der Waals surface area contributed by atoms with Crippen molar-refractivity contribution in [3.05, 3.63) is 0 Å². The van der Waals surface area contributed by atoms with Crippen molar-refractivity contribution in [1.82, 2.24) is 10.2 Å². The monoisotopic (exact) mass is 196 g/mol. The van der Waals surface area contributed by atoms with Gasteiger partial charge in [-0.05, 0) is 51.2 Å². The summed E-state index contributed by atoms with van der Waals surface area (Å²) in [5, 5.41) is 3.45. The summed E-state index contributed by atoms with van der Waals surface area (Å²) in [5.74, 6) is 0. The molecule has 0 radical (unpaired) electrons. The van der Waals surface area contributed by atoms with E-state index in [0.717, 1.165) is 6.04 Å². The quantitative estimate of drug-likeness (QED) is 0.741. The van der Waals surface area contributed by atoms with Crippen molar-refractivity contribution in [3.8, 4) is 0 Å². The molecule has 0 aromatic carbocycles. The molecule has 0 unspecified atom stereocenters. The second-order valence-electron chi connectivity index (χ2n) is 5.56. The van der Waals surface area contributed by atoms with E-state index in [1.165, 1.54) is 51.7 Å². The van der Waals surface area contributed by atoms with Crippen molar-refractivity contribution in [2.45, 2.75) is 45.1 Å². The number of piperidine rings is 1. The van der Waals surface area contributed by atoms with Crippen LogP contribution in [0.4, 0.5) is 0 Å². The Morgan fingerprint density at radius 2 is 1.93 bits per heavy atom. The van der Waals surface area contributed by atoms with Gasteiger partial charge in [-0.1, -0.05) is 13.3 Å². The van der Waals surface area contributed by atoms with Gasteiger partial charge in [0.15, 0.2) is 0 Å². The van der Waals surface area contributed by atoms with Crippen molar-refractivity contribution in [3.63, 3.8) is 0 Å². The number of nitrogens with one attached hydrogen (secondary N) is 1. The number of rotatable bonds is 3. The molecule has 0 bridgehead atoms. The molecule has 1 heterocycles. The van der Waals surface area contributed by atoms with Crippen LogP contribution in [-0.4, -0.2) is 37.6 Å². The third kappa shape index (κ3) is 2.29. The summed E-state index contributed by atoms with van der Waals surface area (Å²) < 4.78 is 0. The van der Waals surface area contributed by atoms with Gasteiger partial charge in [0, 0.05) is 12.6 Å². The smallest absolute Gasteiger partial charge is 0.00924 e. The fraction of sp³-hybridized carbons (Fsp3) is 1.00. The Morgan fingerprint density at radius 3 is 2.43 bits per heavy atom. The first-order chi connectivity index (χ1) is 6.70. The minimum atomic E-state index is 0.579. The summed E-state index contributed by atoms with van der Waals surface area (Å²) in [7, 11) is 2.32. The normalized spacial score (nSPS) is 27.6. The first-order valence-electron chi connectivity index (χ1n) is 6.11. The molecule has 2 nitrogen and oxygen atoms in total. The minimum Gasteiger partial charge on any atom is -0.317 e. The maximum Gasteiger partial charge on any atom is 0.00924 e. The Morgan fingerprint density at radius 1 is 1.29 bits per heavy atom. The van der Waals surface area contributed by atoms with Crippen molar-refractivity contribution in [2.24, 2.45) is 5.41 Å². The zero-order chi connectivity index (χ0) is 10.0. The van der Waals surface area contributed by atoms with Gasteiger partial charge in [-0.3, -0.25) is 0 Å². The highest BCUT2D eigenvalue weighted by atomic mass is 15.1. The molecule has 0 atom stereocenters. The molecule has 0 aromatic rings. The molecule has 2 fully saturated rings. The Balaban J connectivity index is 1.81. The Labute approximate surface area is 88.1 Å². The van der Waals surface area contributed by atoms with Crippen LogP contribution in [0.3, 0.4) is 0 Å². The van der Waals surface area contributed by atoms with Crippen LogP contribution >= 0.6 is 0 Å². The number of hydrogen-bond acceptors (Lipinski definition) is 2. The summed E-state index contributed by atoms with van der Waals surface area (Å²) in [5.41, 5.74) is 0.579. The molecule has 1 saturated heterocycles. The van der Waals surface area contributed by atoms with E-state index in [9.17, 15) is 0 Å². The van der Waals surface area contributed by atoms with E-state index < -0.39 is 0 Å². The molecule has 0 aromatic heterocycles. The third-order valence-electron chi connectivity index (χ3n) is 4.14. The van der Waals surface area contributed by atoms with Gasteiger partial charge >= 0.3 is 0 Å². The maximum absolute atomic E-state index is 3.45. The number of nitrogens with zero attached hydrogens (tertiary/aromatic N) is 1. The van der Waals surface area contributed by atoms with Gasteiger partial charge < -0.3 is 10.2 Å². The van der Waals surface area contributed by atoms with Crippen LogP contribution in [0.5, 0.6) is 0 Å². The summed E-state index contributed by atoms with van der Waals surface area (Å²) in [6, 6.07) is 0.904. The zero-order valence-corrected chi connectivity index (χ0v) is 9.68. The van der Waals surface area contributed by atoms with Gasteiger partial charge in [-0.15, -0.1) is 0 Å². The SMILES string of the molecule is CN(CC1(C)CCNCC1)C1CCC1. The average molecular weight is 196 g/mol. The zero-order valence-electron chi connectivity index (χ0n) is 9.68. The molecule has 1 aliphatic carbocycles. The standard InChI is InChI=1S/C12H24N2/c1-12(6-8-13-9-7-12)10-14(2)11-4-3-5-11/h11,13H,3-10H2,1-2H3. The Bertz CT molecular complexity index is 181. The lowest BCUT2D eigenvalue weighted by Crippen LogP contribution is -2.46. The Hall–Kier alpha value is -0.0800. The molecule has 1 aliphatic heterocycles. The van der Waals surface area contributed by atoms with E-state index >= 15 is 0 Å². The van der Waals surface area contributed by atoms with Crippen LogP contribution in [0.25, 0.3) is 0 Å². The molecule has 0 spiro atoms. The van der Waals surface area contributed by atoms with Crippen molar-refractivity contribution in [2.75, 3.05) is 26.7 Å². The van der Waals surface area contributed by atoms with E-state index in [4.69, 9.17) is 0 Å². The van der Waals surface area contributed by atoms with Gasteiger partial charge in [-0.2, -0.15) is 0 Å². The van der Waals surface area contributed by atoms with Gasteiger partial charge in [0.2, 0.25) is 0 Å². The summed E-state index contributed by atoms with van der Waals surface area (Å²) >= 11 is 0. The largest absolute Gasteiger partial charge is 0.317 e. The average Bonchev–Trinajstić information content (AvgIpc) is 2.00. The lowest BCUT2D eigenvalue weighted by Gasteiger charge is -2.42. The second kappa shape index (κ2) is 4.19. The van der Waals surface area contributed by atoms with Crippen LogP contribution in [0, 0.1) is 5.41 Å². The Kier molecular flexibility index (Phi) is 3.13. The van der Waals surface area contributed by atoms with Crippen LogP contribution in [0.15, 0.2) is 0 Å². The fourth-order valence-electron chi connectivity index (χ4n) is 2.75. The molecule has 2 aliphatic rings. The predicted molar refractivity (Wildman–Crippen MR) is 60.5 cm³/mol. The van der Waals surface area contributed by atoms with Gasteiger partial charge in [0.1, 0.15) is 0 Å². The highest BCUT2D eigenvalue weighted by molar-refractivity contribution is 4.86. The van der Waals surface area contributed by atoms with Gasteiger partial charge in [0.25, 0.3) is 0 Å². The molecule has 14 heavy (non-hydrogen) atoms. The van der Waals surface area contributed by atoms with Crippen molar-refractivity contribution < 1.29 is 0 Å². The molecule has 1 N–H and O–H groups in total. The summed E-state index contributed by atoms with van der Waals surface area (Å²) in [4.78, 5) is 2.61. The van der Waals surface area contributed by atoms with Crippen LogP contribution in [-0.2, 0) is 0 Å². The van der Waals surface area contributed by atoms with E-state index in [1.54, 1.807) is 0 Å². The topological polar surface area (TPSA) is 15.3 Å². The minimum absolute atomic E-state index is 0.579. The second-order valence-corrected chi connectivity index (χ2v) is 5.56. The lowest BCUT2D eigenvalue weighted by molar-refractivity contribution is 0.0824.